The molecule has 0 amide bonds. The van der Waals surface area contributed by atoms with Crippen molar-refractivity contribution in [1.29, 1.82) is 0 Å². The van der Waals surface area contributed by atoms with Crippen LogP contribution < -0.4 is 5.32 Å². The summed E-state index contributed by atoms with van der Waals surface area (Å²) < 4.78 is 0. The molecule has 2 heteroatoms. The second kappa shape index (κ2) is 6.31. The van der Waals surface area contributed by atoms with Crippen molar-refractivity contribution in [3.63, 3.8) is 0 Å². The third-order valence-corrected chi connectivity index (χ3v) is 4.53. The fourth-order valence-electron chi connectivity index (χ4n) is 2.46. The third kappa shape index (κ3) is 3.53. The summed E-state index contributed by atoms with van der Waals surface area (Å²) in [5, 5.41) is 3.40. The lowest BCUT2D eigenvalue weighted by molar-refractivity contribution is 0.502. The third-order valence-electron chi connectivity index (χ3n) is 3.49. The molecule has 0 aliphatic heterocycles. The molecule has 88 valence electrons. The van der Waals surface area contributed by atoms with E-state index < -0.39 is 0 Å². The highest BCUT2D eigenvalue weighted by Crippen LogP contribution is 2.30. The second-order valence-corrected chi connectivity index (χ2v) is 5.78. The Balaban J connectivity index is 1.65. The number of rotatable bonds is 5. The lowest BCUT2D eigenvalue weighted by atomic mass is 10.1. The number of nitrogens with one attached hydrogen (secondary N) is 1. The highest BCUT2D eigenvalue weighted by atomic mass is 32.2. The van der Waals surface area contributed by atoms with Crippen LogP contribution in [-0.2, 0) is 0 Å². The summed E-state index contributed by atoms with van der Waals surface area (Å²) in [6.07, 6.45) is 5.54. The first kappa shape index (κ1) is 12.0. The van der Waals surface area contributed by atoms with E-state index in [1.807, 2.05) is 11.8 Å². The minimum Gasteiger partial charge on any atom is -0.317 e. The normalized spacial score (nSPS) is 24.8. The van der Waals surface area contributed by atoms with E-state index in [-0.39, 0.29) is 0 Å². The summed E-state index contributed by atoms with van der Waals surface area (Å²) in [5.41, 5.74) is 0. The van der Waals surface area contributed by atoms with Crippen molar-refractivity contribution in [2.75, 3.05) is 12.8 Å². The Morgan fingerprint density at radius 2 is 2.06 bits per heavy atom. The minimum absolute atomic E-state index is 0.784. The first-order valence-electron chi connectivity index (χ1n) is 6.23. The molecule has 2 unspecified atom stereocenters. The van der Waals surface area contributed by atoms with Gasteiger partial charge in [-0.05, 0) is 56.5 Å². The highest BCUT2D eigenvalue weighted by Gasteiger charge is 2.22. The van der Waals surface area contributed by atoms with Gasteiger partial charge in [0.2, 0.25) is 0 Å². The molecular formula is C14H21NS. The number of hydrogen-bond donors (Lipinski definition) is 1. The van der Waals surface area contributed by atoms with Gasteiger partial charge in [0.1, 0.15) is 0 Å². The van der Waals surface area contributed by atoms with Crippen LogP contribution in [0.5, 0.6) is 0 Å². The van der Waals surface area contributed by atoms with E-state index >= 15 is 0 Å². The first-order chi connectivity index (χ1) is 7.88. The molecule has 1 aliphatic rings. The lowest BCUT2D eigenvalue weighted by Gasteiger charge is -2.10. The standard InChI is InChI=1S/C14H21NS/c1-15-13-8-7-12(11-13)9-10-16-14-5-3-2-4-6-14/h2-6,12-13,15H,7-11H2,1H3. The van der Waals surface area contributed by atoms with Crippen LogP contribution in [0.25, 0.3) is 0 Å². The van der Waals surface area contributed by atoms with Gasteiger partial charge >= 0.3 is 0 Å². The van der Waals surface area contributed by atoms with Crippen LogP contribution in [0.4, 0.5) is 0 Å². The van der Waals surface area contributed by atoms with Gasteiger partial charge in [0.25, 0.3) is 0 Å². The smallest absolute Gasteiger partial charge is 0.00719 e. The van der Waals surface area contributed by atoms with Gasteiger partial charge < -0.3 is 5.32 Å². The lowest BCUT2D eigenvalue weighted by Crippen LogP contribution is -2.21. The van der Waals surface area contributed by atoms with Crippen molar-refractivity contribution in [2.45, 2.75) is 36.6 Å². The van der Waals surface area contributed by atoms with Gasteiger partial charge in [-0.25, -0.2) is 0 Å². The molecule has 0 spiro atoms. The molecule has 16 heavy (non-hydrogen) atoms. The molecule has 1 aromatic carbocycles. The minimum atomic E-state index is 0.784. The van der Waals surface area contributed by atoms with Crippen LogP contribution in [0.3, 0.4) is 0 Å². The van der Waals surface area contributed by atoms with Crippen LogP contribution >= 0.6 is 11.8 Å². The van der Waals surface area contributed by atoms with Crippen LogP contribution in [-0.4, -0.2) is 18.8 Å². The molecule has 0 bridgehead atoms. The number of thioether (sulfide) groups is 1. The van der Waals surface area contributed by atoms with Crippen LogP contribution in [0.15, 0.2) is 35.2 Å². The maximum atomic E-state index is 3.40. The zero-order chi connectivity index (χ0) is 11.2. The summed E-state index contributed by atoms with van der Waals surface area (Å²) in [4.78, 5) is 1.41. The van der Waals surface area contributed by atoms with Crippen LogP contribution in [0, 0.1) is 5.92 Å². The summed E-state index contributed by atoms with van der Waals surface area (Å²) in [7, 11) is 2.09. The molecule has 0 aromatic heterocycles. The molecule has 1 fully saturated rings. The summed E-state index contributed by atoms with van der Waals surface area (Å²) >= 11 is 2.00. The SMILES string of the molecule is CNC1CCC(CCSc2ccccc2)C1. The average Bonchev–Trinajstić information content (AvgIpc) is 2.78. The fraction of sp³-hybridized carbons (Fsp3) is 0.571. The molecule has 1 nitrogen and oxygen atoms in total. The maximum absolute atomic E-state index is 3.40. The second-order valence-electron chi connectivity index (χ2n) is 4.61. The van der Waals surface area contributed by atoms with E-state index in [1.54, 1.807) is 0 Å². The van der Waals surface area contributed by atoms with Crippen molar-refractivity contribution < 1.29 is 0 Å². The number of hydrogen-bond acceptors (Lipinski definition) is 2. The molecule has 2 rings (SSSR count). The molecule has 0 heterocycles. The van der Waals surface area contributed by atoms with Gasteiger partial charge in [0, 0.05) is 10.9 Å². The van der Waals surface area contributed by atoms with E-state index in [4.69, 9.17) is 0 Å². The largest absolute Gasteiger partial charge is 0.317 e. The Bertz CT molecular complexity index is 299. The average molecular weight is 235 g/mol. The molecule has 0 radical (unpaired) electrons. The van der Waals surface area contributed by atoms with Crippen LogP contribution in [0.1, 0.15) is 25.7 Å². The van der Waals surface area contributed by atoms with Gasteiger partial charge in [0.05, 0.1) is 0 Å². The van der Waals surface area contributed by atoms with Gasteiger partial charge in [0.15, 0.2) is 0 Å². The Hall–Kier alpha value is -0.470. The van der Waals surface area contributed by atoms with E-state index in [2.05, 4.69) is 42.7 Å². The van der Waals surface area contributed by atoms with Gasteiger partial charge in [-0.15, -0.1) is 11.8 Å². The molecule has 1 aliphatic carbocycles. The molecule has 1 N–H and O–H groups in total. The summed E-state index contributed by atoms with van der Waals surface area (Å²) in [5.74, 6) is 2.22. The van der Waals surface area contributed by atoms with Gasteiger partial charge in [-0.3, -0.25) is 0 Å². The van der Waals surface area contributed by atoms with E-state index in [9.17, 15) is 0 Å². The molecular weight excluding hydrogens is 214 g/mol. The van der Waals surface area contributed by atoms with E-state index in [0.29, 0.717) is 0 Å². The van der Waals surface area contributed by atoms with Gasteiger partial charge in [-0.2, -0.15) is 0 Å². The molecule has 1 saturated carbocycles. The van der Waals surface area contributed by atoms with E-state index in [1.165, 1.54) is 36.3 Å². The fourth-order valence-corrected chi connectivity index (χ4v) is 3.50. The quantitative estimate of drug-likeness (QED) is 0.783. The van der Waals surface area contributed by atoms with Crippen molar-refractivity contribution in [1.82, 2.24) is 5.32 Å². The number of benzene rings is 1. The zero-order valence-electron chi connectivity index (χ0n) is 9.99. The van der Waals surface area contributed by atoms with Crippen molar-refractivity contribution in [3.8, 4) is 0 Å². The zero-order valence-corrected chi connectivity index (χ0v) is 10.8. The Morgan fingerprint density at radius 3 is 2.75 bits per heavy atom. The Morgan fingerprint density at radius 1 is 1.25 bits per heavy atom. The van der Waals surface area contributed by atoms with E-state index in [0.717, 1.165) is 12.0 Å². The summed E-state index contributed by atoms with van der Waals surface area (Å²) in [6, 6.07) is 11.5. The summed E-state index contributed by atoms with van der Waals surface area (Å²) in [6.45, 7) is 0. The van der Waals surface area contributed by atoms with Crippen molar-refractivity contribution >= 4 is 11.8 Å². The maximum Gasteiger partial charge on any atom is 0.00719 e. The predicted octanol–water partition coefficient (Wildman–Crippen LogP) is 3.56. The molecule has 0 saturated heterocycles. The molecule has 2 atom stereocenters. The van der Waals surface area contributed by atoms with Crippen molar-refractivity contribution in [2.24, 2.45) is 5.92 Å². The van der Waals surface area contributed by atoms with Crippen molar-refractivity contribution in [3.05, 3.63) is 30.3 Å². The monoisotopic (exact) mass is 235 g/mol. The van der Waals surface area contributed by atoms with Gasteiger partial charge in [-0.1, -0.05) is 18.2 Å². The first-order valence-corrected chi connectivity index (χ1v) is 7.22. The Labute approximate surface area is 103 Å². The molecule has 1 aromatic rings. The Kier molecular flexibility index (Phi) is 4.73. The van der Waals surface area contributed by atoms with Crippen LogP contribution in [0.2, 0.25) is 0 Å². The predicted molar refractivity (Wildman–Crippen MR) is 72.0 cm³/mol. The highest BCUT2D eigenvalue weighted by molar-refractivity contribution is 7.99. The topological polar surface area (TPSA) is 12.0 Å².